The summed E-state index contributed by atoms with van der Waals surface area (Å²) in [5.41, 5.74) is 1.19. The summed E-state index contributed by atoms with van der Waals surface area (Å²) in [7, 11) is 0. The maximum atomic E-state index is 4.25. The molecule has 1 aromatic heterocycles. The molecule has 14 heavy (non-hydrogen) atoms. The highest BCUT2D eigenvalue weighted by molar-refractivity contribution is 4.95. The number of hydrogen-bond acceptors (Lipinski definition) is 1. The van der Waals surface area contributed by atoms with E-state index < -0.39 is 0 Å². The van der Waals surface area contributed by atoms with Gasteiger partial charge in [0.05, 0.1) is 12.0 Å². The summed E-state index contributed by atoms with van der Waals surface area (Å²) in [5, 5.41) is 0. The van der Waals surface area contributed by atoms with Crippen molar-refractivity contribution in [2.45, 2.75) is 54.0 Å². The van der Waals surface area contributed by atoms with Crippen LogP contribution in [0.5, 0.6) is 0 Å². The number of rotatable bonds is 3. The van der Waals surface area contributed by atoms with Crippen LogP contribution in [-0.4, -0.2) is 9.55 Å². The molecule has 2 heteroatoms. The second-order valence-corrected chi connectivity index (χ2v) is 4.02. The summed E-state index contributed by atoms with van der Waals surface area (Å²) < 4.78 is 2.16. The van der Waals surface area contributed by atoms with Crippen LogP contribution in [0.15, 0.2) is 12.5 Å². The van der Waals surface area contributed by atoms with Gasteiger partial charge in [0.2, 0.25) is 0 Å². The highest BCUT2D eigenvalue weighted by Gasteiger charge is 1.97. The minimum atomic E-state index is 0.703. The monoisotopic (exact) mass is 196 g/mol. The molecule has 0 spiro atoms. The third kappa shape index (κ3) is 5.79. The first kappa shape index (κ1) is 13.2. The Kier molecular flexibility index (Phi) is 7.17. The molecule has 0 unspecified atom stereocenters. The van der Waals surface area contributed by atoms with E-state index in [4.69, 9.17) is 0 Å². The molecule has 1 aromatic rings. The second-order valence-electron chi connectivity index (χ2n) is 4.02. The molecular weight excluding hydrogens is 172 g/mol. The van der Waals surface area contributed by atoms with Gasteiger partial charge in [-0.15, -0.1) is 0 Å². The van der Waals surface area contributed by atoms with E-state index in [0.717, 1.165) is 13.0 Å². The lowest BCUT2D eigenvalue weighted by Gasteiger charge is -2.03. The maximum absolute atomic E-state index is 4.25. The number of hydrogen-bond donors (Lipinski definition) is 0. The van der Waals surface area contributed by atoms with Crippen LogP contribution in [0, 0.1) is 5.92 Å². The van der Waals surface area contributed by atoms with E-state index in [-0.39, 0.29) is 0 Å². The lowest BCUT2D eigenvalue weighted by atomic mass is 10.2. The second kappa shape index (κ2) is 7.60. The first-order valence-corrected chi connectivity index (χ1v) is 5.64. The average Bonchev–Trinajstić information content (AvgIpc) is 2.52. The molecule has 0 saturated carbocycles. The quantitative estimate of drug-likeness (QED) is 0.723. The number of nitrogens with zero attached hydrogens (tertiary/aromatic N) is 2. The van der Waals surface area contributed by atoms with Gasteiger partial charge in [0.15, 0.2) is 0 Å². The van der Waals surface area contributed by atoms with Gasteiger partial charge in [0.1, 0.15) is 0 Å². The molecule has 2 nitrogen and oxygen atoms in total. The van der Waals surface area contributed by atoms with Crippen molar-refractivity contribution in [1.82, 2.24) is 9.55 Å². The van der Waals surface area contributed by atoms with Crippen molar-refractivity contribution >= 4 is 0 Å². The number of aryl methyl sites for hydroxylation is 1. The molecule has 0 aromatic carbocycles. The predicted molar refractivity (Wildman–Crippen MR) is 62.4 cm³/mol. The van der Waals surface area contributed by atoms with Crippen molar-refractivity contribution < 1.29 is 0 Å². The van der Waals surface area contributed by atoms with Crippen LogP contribution in [0.25, 0.3) is 0 Å². The molecule has 0 aliphatic rings. The van der Waals surface area contributed by atoms with Gasteiger partial charge in [-0.3, -0.25) is 0 Å². The Morgan fingerprint density at radius 1 is 1.29 bits per heavy atom. The van der Waals surface area contributed by atoms with E-state index >= 15 is 0 Å². The standard InChI is InChI=1S/C9H16N2.C3H8/c1-4-9-6-11(7-10-9)5-8(2)3;1-3-2/h6-8H,4-5H2,1-3H3;3H2,1-2H3. The van der Waals surface area contributed by atoms with Crippen LogP contribution in [0.1, 0.15) is 46.7 Å². The Morgan fingerprint density at radius 2 is 1.86 bits per heavy atom. The first-order valence-electron chi connectivity index (χ1n) is 5.64. The van der Waals surface area contributed by atoms with E-state index in [2.05, 4.69) is 50.4 Å². The van der Waals surface area contributed by atoms with Gasteiger partial charge in [0, 0.05) is 12.7 Å². The molecule has 0 bridgehead atoms. The van der Waals surface area contributed by atoms with Gasteiger partial charge in [-0.1, -0.05) is 41.0 Å². The van der Waals surface area contributed by atoms with E-state index in [0.29, 0.717) is 5.92 Å². The Labute approximate surface area is 88.4 Å². The smallest absolute Gasteiger partial charge is 0.0949 e. The number of aromatic nitrogens is 2. The van der Waals surface area contributed by atoms with Crippen molar-refractivity contribution in [3.63, 3.8) is 0 Å². The van der Waals surface area contributed by atoms with Crippen molar-refractivity contribution in [2.24, 2.45) is 5.92 Å². The minimum absolute atomic E-state index is 0.703. The highest BCUT2D eigenvalue weighted by atomic mass is 15.0. The fraction of sp³-hybridized carbons (Fsp3) is 0.750. The zero-order valence-corrected chi connectivity index (χ0v) is 10.2. The Morgan fingerprint density at radius 3 is 2.21 bits per heavy atom. The zero-order valence-electron chi connectivity index (χ0n) is 10.2. The van der Waals surface area contributed by atoms with Crippen LogP contribution in [0.4, 0.5) is 0 Å². The summed E-state index contributed by atoms with van der Waals surface area (Å²) in [6.45, 7) is 11.9. The lowest BCUT2D eigenvalue weighted by molar-refractivity contribution is 0.522. The van der Waals surface area contributed by atoms with E-state index in [1.165, 1.54) is 12.1 Å². The van der Waals surface area contributed by atoms with E-state index in [1.54, 1.807) is 0 Å². The maximum Gasteiger partial charge on any atom is 0.0949 e. The zero-order chi connectivity index (χ0) is 11.0. The summed E-state index contributed by atoms with van der Waals surface area (Å²) in [5.74, 6) is 0.703. The highest BCUT2D eigenvalue weighted by Crippen LogP contribution is 2.01. The number of imidazole rings is 1. The average molecular weight is 196 g/mol. The normalized spacial score (nSPS) is 9.86. The summed E-state index contributed by atoms with van der Waals surface area (Å²) in [6.07, 6.45) is 6.32. The summed E-state index contributed by atoms with van der Waals surface area (Å²) in [6, 6.07) is 0. The molecule has 0 N–H and O–H groups in total. The van der Waals surface area contributed by atoms with E-state index in [1.807, 2.05) is 6.33 Å². The minimum Gasteiger partial charge on any atom is -0.337 e. The summed E-state index contributed by atoms with van der Waals surface area (Å²) in [4.78, 5) is 4.25. The summed E-state index contributed by atoms with van der Waals surface area (Å²) >= 11 is 0. The largest absolute Gasteiger partial charge is 0.337 e. The van der Waals surface area contributed by atoms with Gasteiger partial charge in [-0.25, -0.2) is 4.98 Å². The molecule has 0 atom stereocenters. The van der Waals surface area contributed by atoms with Crippen molar-refractivity contribution in [1.29, 1.82) is 0 Å². The molecular formula is C12H24N2. The van der Waals surface area contributed by atoms with Gasteiger partial charge in [-0.2, -0.15) is 0 Å². The van der Waals surface area contributed by atoms with Crippen LogP contribution < -0.4 is 0 Å². The molecule has 0 aliphatic carbocycles. The SMILES string of the molecule is CCC.CCc1cn(CC(C)C)cn1. The van der Waals surface area contributed by atoms with Gasteiger partial charge >= 0.3 is 0 Å². The molecule has 82 valence electrons. The van der Waals surface area contributed by atoms with Gasteiger partial charge < -0.3 is 4.57 Å². The molecule has 1 heterocycles. The Bertz CT molecular complexity index is 226. The topological polar surface area (TPSA) is 17.8 Å². The van der Waals surface area contributed by atoms with Crippen LogP contribution in [0.3, 0.4) is 0 Å². The fourth-order valence-electron chi connectivity index (χ4n) is 1.11. The lowest BCUT2D eigenvalue weighted by Crippen LogP contribution is -2.01. The molecule has 0 saturated heterocycles. The first-order chi connectivity index (χ1) is 6.63. The third-order valence-electron chi connectivity index (χ3n) is 1.62. The molecule has 0 fully saturated rings. The van der Waals surface area contributed by atoms with Crippen LogP contribution in [0.2, 0.25) is 0 Å². The molecule has 1 rings (SSSR count). The van der Waals surface area contributed by atoms with Gasteiger partial charge in [0.25, 0.3) is 0 Å². The third-order valence-corrected chi connectivity index (χ3v) is 1.62. The van der Waals surface area contributed by atoms with Crippen molar-refractivity contribution in [2.75, 3.05) is 0 Å². The molecule has 0 aliphatic heterocycles. The van der Waals surface area contributed by atoms with Crippen LogP contribution >= 0.6 is 0 Å². The van der Waals surface area contributed by atoms with Crippen LogP contribution in [-0.2, 0) is 13.0 Å². The Balaban J connectivity index is 0.000000500. The predicted octanol–water partition coefficient (Wildman–Crippen LogP) is 3.52. The van der Waals surface area contributed by atoms with Crippen molar-refractivity contribution in [3.8, 4) is 0 Å². The van der Waals surface area contributed by atoms with Gasteiger partial charge in [-0.05, 0) is 12.3 Å². The Hall–Kier alpha value is -0.790. The fourth-order valence-corrected chi connectivity index (χ4v) is 1.11. The van der Waals surface area contributed by atoms with E-state index in [9.17, 15) is 0 Å². The van der Waals surface area contributed by atoms with Crippen molar-refractivity contribution in [3.05, 3.63) is 18.2 Å². The molecule has 0 radical (unpaired) electrons. The molecule has 0 amide bonds.